The van der Waals surface area contributed by atoms with Gasteiger partial charge in [-0.15, -0.1) is 23.1 Å². The van der Waals surface area contributed by atoms with Crippen LogP contribution in [0.15, 0.2) is 53.4 Å². The van der Waals surface area contributed by atoms with E-state index in [0.29, 0.717) is 12.2 Å². The van der Waals surface area contributed by atoms with Crippen molar-refractivity contribution in [2.45, 2.75) is 24.3 Å². The molecule has 3 aromatic rings. The summed E-state index contributed by atoms with van der Waals surface area (Å²) in [4.78, 5) is 5.78. The van der Waals surface area contributed by atoms with Crippen LogP contribution in [0, 0.1) is 6.92 Å². The monoisotopic (exact) mass is 315 g/mol. The molecule has 0 spiro atoms. The van der Waals surface area contributed by atoms with E-state index in [1.54, 1.807) is 23.1 Å². The summed E-state index contributed by atoms with van der Waals surface area (Å²) in [6, 6.07) is 16.5. The van der Waals surface area contributed by atoms with Gasteiger partial charge in [0.1, 0.15) is 0 Å². The second kappa shape index (κ2) is 6.60. The molecule has 0 bridgehead atoms. The lowest BCUT2D eigenvalue weighted by Crippen LogP contribution is -2.13. The van der Waals surface area contributed by atoms with E-state index in [-0.39, 0.29) is 6.10 Å². The first-order chi connectivity index (χ1) is 10.2. The predicted molar refractivity (Wildman–Crippen MR) is 91.2 cm³/mol. The average Bonchev–Trinajstić information content (AvgIpc) is 2.87. The van der Waals surface area contributed by atoms with E-state index in [1.165, 1.54) is 15.2 Å². The maximum Gasteiger partial charge on any atom is 0.0964 e. The van der Waals surface area contributed by atoms with Crippen LogP contribution in [0.1, 0.15) is 10.6 Å². The summed E-state index contributed by atoms with van der Waals surface area (Å²) < 4.78 is 1.19. The molecule has 1 aromatic heterocycles. The molecule has 108 valence electrons. The Morgan fingerprint density at radius 1 is 1.19 bits per heavy atom. The molecular weight excluding hydrogens is 298 g/mol. The Bertz CT molecular complexity index is 705. The minimum atomic E-state index is -0.365. The summed E-state index contributed by atoms with van der Waals surface area (Å²) in [7, 11) is 0. The maximum absolute atomic E-state index is 10.2. The highest BCUT2D eigenvalue weighted by Gasteiger charge is 2.10. The molecule has 2 aromatic carbocycles. The zero-order chi connectivity index (χ0) is 14.7. The molecule has 1 heterocycles. The minimum Gasteiger partial charge on any atom is -0.392 e. The molecule has 3 rings (SSSR count). The SMILES string of the molecule is Cc1cccc(SCC(O)Cc2nc3ccccc3s2)c1. The van der Waals surface area contributed by atoms with Gasteiger partial charge >= 0.3 is 0 Å². The molecule has 1 N–H and O–H groups in total. The summed E-state index contributed by atoms with van der Waals surface area (Å²) in [5.74, 6) is 0.694. The lowest BCUT2D eigenvalue weighted by molar-refractivity contribution is 0.200. The highest BCUT2D eigenvalue weighted by molar-refractivity contribution is 7.99. The van der Waals surface area contributed by atoms with Crippen molar-refractivity contribution in [2.24, 2.45) is 0 Å². The number of hydrogen-bond acceptors (Lipinski definition) is 4. The molecule has 0 fully saturated rings. The van der Waals surface area contributed by atoms with Crippen LogP contribution < -0.4 is 0 Å². The van der Waals surface area contributed by atoms with E-state index in [0.717, 1.165) is 10.5 Å². The molecule has 2 nitrogen and oxygen atoms in total. The van der Waals surface area contributed by atoms with Crippen molar-refractivity contribution in [3.05, 3.63) is 59.1 Å². The fraction of sp³-hybridized carbons (Fsp3) is 0.235. The van der Waals surface area contributed by atoms with Crippen molar-refractivity contribution in [1.29, 1.82) is 0 Å². The van der Waals surface area contributed by atoms with Crippen LogP contribution in [-0.4, -0.2) is 21.9 Å². The summed E-state index contributed by atoms with van der Waals surface area (Å²) in [6.45, 7) is 2.08. The zero-order valence-corrected chi connectivity index (χ0v) is 13.5. The molecular formula is C17H17NOS2. The number of aliphatic hydroxyl groups is 1. The molecule has 4 heteroatoms. The molecule has 0 radical (unpaired) electrons. The summed E-state index contributed by atoms with van der Waals surface area (Å²) in [6.07, 6.45) is 0.258. The predicted octanol–water partition coefficient (Wildman–Crippen LogP) is 4.30. The molecule has 0 aliphatic rings. The number of thioether (sulfide) groups is 1. The third kappa shape index (κ3) is 3.84. The van der Waals surface area contributed by atoms with Gasteiger partial charge in [-0.25, -0.2) is 4.98 Å². The number of aliphatic hydroxyl groups excluding tert-OH is 1. The van der Waals surface area contributed by atoms with E-state index in [9.17, 15) is 5.11 Å². The van der Waals surface area contributed by atoms with Crippen molar-refractivity contribution < 1.29 is 5.11 Å². The lowest BCUT2D eigenvalue weighted by Gasteiger charge is -2.08. The molecule has 1 atom stereocenters. The Morgan fingerprint density at radius 3 is 2.86 bits per heavy atom. The highest BCUT2D eigenvalue weighted by atomic mass is 32.2. The van der Waals surface area contributed by atoms with Gasteiger partial charge in [-0.3, -0.25) is 0 Å². The second-order valence-electron chi connectivity index (χ2n) is 5.06. The largest absolute Gasteiger partial charge is 0.392 e. The van der Waals surface area contributed by atoms with E-state index in [4.69, 9.17) is 0 Å². The third-order valence-electron chi connectivity index (χ3n) is 3.18. The normalized spacial score (nSPS) is 12.7. The van der Waals surface area contributed by atoms with Crippen LogP contribution in [0.5, 0.6) is 0 Å². The van der Waals surface area contributed by atoms with Gasteiger partial charge in [0.15, 0.2) is 0 Å². The first-order valence-corrected chi connectivity index (χ1v) is 8.73. The van der Waals surface area contributed by atoms with Crippen molar-refractivity contribution in [3.8, 4) is 0 Å². The zero-order valence-electron chi connectivity index (χ0n) is 11.8. The van der Waals surface area contributed by atoms with Gasteiger partial charge in [-0.05, 0) is 31.2 Å². The van der Waals surface area contributed by atoms with Crippen LogP contribution >= 0.6 is 23.1 Å². The number of thiazole rings is 1. The Hall–Kier alpha value is -1.36. The molecule has 0 amide bonds. The van der Waals surface area contributed by atoms with Crippen molar-refractivity contribution in [1.82, 2.24) is 4.98 Å². The van der Waals surface area contributed by atoms with Gasteiger partial charge in [-0.1, -0.05) is 29.8 Å². The molecule has 21 heavy (non-hydrogen) atoms. The standard InChI is InChI=1S/C17H17NOS2/c1-12-5-4-6-14(9-12)20-11-13(19)10-17-18-15-7-2-3-8-16(15)21-17/h2-9,13,19H,10-11H2,1H3. The molecule has 1 unspecified atom stereocenters. The van der Waals surface area contributed by atoms with Gasteiger partial charge in [0.05, 0.1) is 21.3 Å². The quantitative estimate of drug-likeness (QED) is 0.713. The molecule has 0 aliphatic heterocycles. The van der Waals surface area contributed by atoms with Gasteiger partial charge in [-0.2, -0.15) is 0 Å². The minimum absolute atomic E-state index is 0.365. The Balaban J connectivity index is 1.59. The van der Waals surface area contributed by atoms with Crippen molar-refractivity contribution in [2.75, 3.05) is 5.75 Å². The van der Waals surface area contributed by atoms with Crippen LogP contribution in [0.4, 0.5) is 0 Å². The van der Waals surface area contributed by atoms with Crippen LogP contribution in [0.25, 0.3) is 10.2 Å². The maximum atomic E-state index is 10.2. The number of fused-ring (bicyclic) bond motifs is 1. The molecule has 0 aliphatic carbocycles. The topological polar surface area (TPSA) is 33.1 Å². The number of hydrogen-bond donors (Lipinski definition) is 1. The van der Waals surface area contributed by atoms with E-state index < -0.39 is 0 Å². The highest BCUT2D eigenvalue weighted by Crippen LogP contribution is 2.24. The number of para-hydroxylation sites is 1. The van der Waals surface area contributed by atoms with Crippen LogP contribution in [0.2, 0.25) is 0 Å². The summed E-state index contributed by atoms with van der Waals surface area (Å²) in [5.41, 5.74) is 2.27. The van der Waals surface area contributed by atoms with Crippen molar-refractivity contribution in [3.63, 3.8) is 0 Å². The Labute approximate surface area is 132 Å². The number of rotatable bonds is 5. The molecule has 0 saturated heterocycles. The number of aryl methyl sites for hydroxylation is 1. The van der Waals surface area contributed by atoms with Crippen LogP contribution in [0.3, 0.4) is 0 Å². The summed E-state index contributed by atoms with van der Waals surface area (Å²) in [5, 5.41) is 11.2. The van der Waals surface area contributed by atoms with Crippen LogP contribution in [-0.2, 0) is 6.42 Å². The van der Waals surface area contributed by atoms with Gasteiger partial charge < -0.3 is 5.11 Å². The Morgan fingerprint density at radius 2 is 2.05 bits per heavy atom. The fourth-order valence-electron chi connectivity index (χ4n) is 2.17. The van der Waals surface area contributed by atoms with Gasteiger partial charge in [0.2, 0.25) is 0 Å². The third-order valence-corrected chi connectivity index (χ3v) is 5.38. The van der Waals surface area contributed by atoms with E-state index in [2.05, 4.69) is 42.2 Å². The smallest absolute Gasteiger partial charge is 0.0964 e. The first-order valence-electron chi connectivity index (χ1n) is 6.93. The van der Waals surface area contributed by atoms with E-state index in [1.807, 2.05) is 18.2 Å². The summed E-state index contributed by atoms with van der Waals surface area (Å²) >= 11 is 3.37. The van der Waals surface area contributed by atoms with E-state index >= 15 is 0 Å². The van der Waals surface area contributed by atoms with Crippen molar-refractivity contribution >= 4 is 33.3 Å². The number of benzene rings is 2. The average molecular weight is 315 g/mol. The fourth-order valence-corrected chi connectivity index (χ4v) is 4.15. The molecule has 0 saturated carbocycles. The number of aromatic nitrogens is 1. The number of nitrogens with zero attached hydrogens (tertiary/aromatic N) is 1. The Kier molecular flexibility index (Phi) is 4.58. The lowest BCUT2D eigenvalue weighted by atomic mass is 10.2. The van der Waals surface area contributed by atoms with Gasteiger partial charge in [0.25, 0.3) is 0 Å². The first kappa shape index (κ1) is 14.6. The second-order valence-corrected chi connectivity index (χ2v) is 7.27. The van der Waals surface area contributed by atoms with Gasteiger partial charge in [0, 0.05) is 17.1 Å².